The molecule has 2 rings (SSSR count). The number of carbonyl (C=O) groups excluding carboxylic acids is 1. The highest BCUT2D eigenvalue weighted by Gasteiger charge is 2.38. The first-order valence-corrected chi connectivity index (χ1v) is 5.13. The van der Waals surface area contributed by atoms with Gasteiger partial charge in [-0.1, -0.05) is 6.92 Å². The fourth-order valence-electron chi connectivity index (χ4n) is 1.63. The topological polar surface area (TPSA) is 72.9 Å². The third kappa shape index (κ3) is 1.95. The molecule has 2 atom stereocenters. The van der Waals surface area contributed by atoms with Crippen molar-refractivity contribution in [2.24, 2.45) is 18.9 Å². The Hall–Kier alpha value is -1.52. The zero-order chi connectivity index (χ0) is 11.0. The monoisotopic (exact) mass is 208 g/mol. The molecule has 5 heteroatoms. The van der Waals surface area contributed by atoms with Crippen LogP contribution in [0.2, 0.25) is 0 Å². The molecule has 1 fully saturated rings. The summed E-state index contributed by atoms with van der Waals surface area (Å²) in [5, 5.41) is 6.88. The summed E-state index contributed by atoms with van der Waals surface area (Å²) in [6, 6.07) is 0. The first kappa shape index (κ1) is 10.0. The normalized spacial score (nSPS) is 23.9. The van der Waals surface area contributed by atoms with Crippen molar-refractivity contribution in [1.29, 1.82) is 0 Å². The van der Waals surface area contributed by atoms with Gasteiger partial charge in [0.05, 0.1) is 6.20 Å². The molecule has 3 N–H and O–H groups in total. The summed E-state index contributed by atoms with van der Waals surface area (Å²) >= 11 is 0. The molecule has 0 aliphatic heterocycles. The molecule has 1 heterocycles. The lowest BCUT2D eigenvalue weighted by molar-refractivity contribution is -0.122. The molecule has 0 bridgehead atoms. The molecule has 0 radical (unpaired) electrons. The van der Waals surface area contributed by atoms with Crippen molar-refractivity contribution < 1.29 is 4.79 Å². The number of aromatic nitrogens is 2. The van der Waals surface area contributed by atoms with Gasteiger partial charge in [0, 0.05) is 25.1 Å². The Morgan fingerprint density at radius 1 is 1.80 bits per heavy atom. The van der Waals surface area contributed by atoms with E-state index in [1.165, 1.54) is 0 Å². The van der Waals surface area contributed by atoms with Crippen LogP contribution in [0.25, 0.3) is 0 Å². The van der Waals surface area contributed by atoms with Crippen molar-refractivity contribution in [2.45, 2.75) is 19.9 Å². The van der Waals surface area contributed by atoms with Crippen LogP contribution < -0.4 is 11.1 Å². The Morgan fingerprint density at radius 3 is 2.93 bits per heavy atom. The summed E-state index contributed by atoms with van der Waals surface area (Å²) in [4.78, 5) is 11.5. The fraction of sp³-hybridized carbons (Fsp3) is 0.600. The second-order valence-electron chi connectivity index (χ2n) is 4.22. The van der Waals surface area contributed by atoms with Crippen molar-refractivity contribution in [1.82, 2.24) is 15.1 Å². The maximum atomic E-state index is 11.5. The summed E-state index contributed by atoms with van der Waals surface area (Å²) in [6.45, 7) is 2.56. The van der Waals surface area contributed by atoms with Gasteiger partial charge in [0.2, 0.25) is 5.91 Å². The zero-order valence-corrected chi connectivity index (χ0v) is 9.03. The summed E-state index contributed by atoms with van der Waals surface area (Å²) in [5.41, 5.74) is 6.63. The Balaban J connectivity index is 1.88. The number of aryl methyl sites for hydroxylation is 1. The standard InChI is InChI=1S/C10H16N4O/c1-6-3-8(6)10(15)12-4-7-5-13-14(2)9(7)11/h5-6,8H,3-4,11H2,1-2H3,(H,12,15). The van der Waals surface area contributed by atoms with Gasteiger partial charge < -0.3 is 11.1 Å². The molecule has 82 valence electrons. The van der Waals surface area contributed by atoms with Gasteiger partial charge in [-0.25, -0.2) is 0 Å². The van der Waals surface area contributed by atoms with Gasteiger partial charge in [-0.05, 0) is 12.3 Å². The largest absolute Gasteiger partial charge is 0.384 e. The molecule has 1 amide bonds. The van der Waals surface area contributed by atoms with Gasteiger partial charge in [0.1, 0.15) is 5.82 Å². The highest BCUT2D eigenvalue weighted by Crippen LogP contribution is 2.37. The molecular weight excluding hydrogens is 192 g/mol. The molecule has 2 unspecified atom stereocenters. The molecule has 0 aromatic carbocycles. The molecule has 0 spiro atoms. The third-order valence-corrected chi connectivity index (χ3v) is 2.96. The summed E-state index contributed by atoms with van der Waals surface area (Å²) in [5.74, 6) is 1.49. The minimum absolute atomic E-state index is 0.130. The predicted octanol–water partition coefficient (Wildman–Crippen LogP) is 0.274. The maximum absolute atomic E-state index is 11.5. The number of anilines is 1. The van der Waals surface area contributed by atoms with Gasteiger partial charge in [-0.2, -0.15) is 5.10 Å². The number of amides is 1. The van der Waals surface area contributed by atoms with Crippen LogP contribution in [0, 0.1) is 11.8 Å². The van der Waals surface area contributed by atoms with Crippen LogP contribution >= 0.6 is 0 Å². The molecule has 1 saturated carbocycles. The number of hydrogen-bond acceptors (Lipinski definition) is 3. The van der Waals surface area contributed by atoms with E-state index >= 15 is 0 Å². The number of nitrogens with zero attached hydrogens (tertiary/aromatic N) is 2. The Morgan fingerprint density at radius 2 is 2.47 bits per heavy atom. The number of nitrogen functional groups attached to an aromatic ring is 1. The Bertz CT molecular complexity index is 385. The molecule has 1 aromatic rings. The van der Waals surface area contributed by atoms with Crippen molar-refractivity contribution in [3.63, 3.8) is 0 Å². The summed E-state index contributed by atoms with van der Waals surface area (Å²) in [7, 11) is 1.78. The highest BCUT2D eigenvalue weighted by molar-refractivity contribution is 5.81. The van der Waals surface area contributed by atoms with Crippen LogP contribution in [0.5, 0.6) is 0 Å². The lowest BCUT2D eigenvalue weighted by Gasteiger charge is -2.03. The van der Waals surface area contributed by atoms with Gasteiger partial charge in [0.15, 0.2) is 0 Å². The molecule has 1 aromatic heterocycles. The highest BCUT2D eigenvalue weighted by atomic mass is 16.2. The molecule has 0 saturated heterocycles. The fourth-order valence-corrected chi connectivity index (χ4v) is 1.63. The van der Waals surface area contributed by atoms with Gasteiger partial charge in [-0.15, -0.1) is 0 Å². The molecule has 5 nitrogen and oxygen atoms in total. The lowest BCUT2D eigenvalue weighted by Crippen LogP contribution is -2.25. The van der Waals surface area contributed by atoms with Crippen LogP contribution in [0.1, 0.15) is 18.9 Å². The van der Waals surface area contributed by atoms with E-state index < -0.39 is 0 Å². The average molecular weight is 208 g/mol. The Kier molecular flexibility index (Phi) is 2.38. The molecule has 15 heavy (non-hydrogen) atoms. The van der Waals surface area contributed by atoms with Gasteiger partial charge in [0.25, 0.3) is 0 Å². The second-order valence-corrected chi connectivity index (χ2v) is 4.22. The lowest BCUT2D eigenvalue weighted by atomic mass is 10.3. The first-order valence-electron chi connectivity index (χ1n) is 5.13. The van der Waals surface area contributed by atoms with Gasteiger partial charge >= 0.3 is 0 Å². The van der Waals surface area contributed by atoms with Crippen molar-refractivity contribution in [3.8, 4) is 0 Å². The van der Waals surface area contributed by atoms with Crippen molar-refractivity contribution >= 4 is 11.7 Å². The van der Waals surface area contributed by atoms with Crippen molar-refractivity contribution in [2.75, 3.05) is 5.73 Å². The molecular formula is C10H16N4O. The molecule has 1 aliphatic rings. The zero-order valence-electron chi connectivity index (χ0n) is 9.03. The van der Waals surface area contributed by atoms with E-state index in [9.17, 15) is 4.79 Å². The third-order valence-electron chi connectivity index (χ3n) is 2.96. The van der Waals surface area contributed by atoms with Gasteiger partial charge in [-0.3, -0.25) is 9.48 Å². The number of nitrogens with two attached hydrogens (primary N) is 1. The maximum Gasteiger partial charge on any atom is 0.223 e. The van der Waals surface area contributed by atoms with Crippen molar-refractivity contribution in [3.05, 3.63) is 11.8 Å². The van der Waals surface area contributed by atoms with E-state index in [-0.39, 0.29) is 11.8 Å². The predicted molar refractivity (Wildman–Crippen MR) is 56.7 cm³/mol. The van der Waals surface area contributed by atoms with Crippen LogP contribution in [0.3, 0.4) is 0 Å². The summed E-state index contributed by atoms with van der Waals surface area (Å²) < 4.78 is 1.60. The minimum atomic E-state index is 0.130. The SMILES string of the molecule is CC1CC1C(=O)NCc1cnn(C)c1N. The van der Waals surface area contributed by atoms with E-state index in [1.807, 2.05) is 0 Å². The molecule has 1 aliphatic carbocycles. The van der Waals surface area contributed by atoms with E-state index in [0.717, 1.165) is 12.0 Å². The van der Waals surface area contributed by atoms with E-state index in [4.69, 9.17) is 5.73 Å². The van der Waals surface area contributed by atoms with E-state index in [1.54, 1.807) is 17.9 Å². The Labute approximate surface area is 88.6 Å². The van der Waals surface area contributed by atoms with Crippen LogP contribution in [-0.4, -0.2) is 15.7 Å². The average Bonchev–Trinajstić information content (AvgIpc) is 2.85. The van der Waals surface area contributed by atoms with Crippen LogP contribution in [-0.2, 0) is 18.4 Å². The number of carbonyl (C=O) groups is 1. The van der Waals surface area contributed by atoms with Crippen LogP contribution in [0.15, 0.2) is 6.20 Å². The van der Waals surface area contributed by atoms with E-state index in [0.29, 0.717) is 18.3 Å². The first-order chi connectivity index (χ1) is 7.09. The number of hydrogen-bond donors (Lipinski definition) is 2. The van der Waals surface area contributed by atoms with E-state index in [2.05, 4.69) is 17.3 Å². The van der Waals surface area contributed by atoms with Crippen LogP contribution in [0.4, 0.5) is 5.82 Å². The smallest absolute Gasteiger partial charge is 0.223 e. The number of nitrogens with one attached hydrogen (secondary N) is 1. The summed E-state index contributed by atoms with van der Waals surface area (Å²) in [6.07, 6.45) is 2.69. The quantitative estimate of drug-likeness (QED) is 0.749. The second kappa shape index (κ2) is 3.56. The number of rotatable bonds is 3. The minimum Gasteiger partial charge on any atom is -0.384 e.